The highest BCUT2D eigenvalue weighted by atomic mass is 32.1. The molecule has 1 N–H and O–H groups in total. The van der Waals surface area contributed by atoms with Crippen LogP contribution in [0.15, 0.2) is 35.7 Å². The Hall–Kier alpha value is -1.68. The number of thiazole rings is 1. The van der Waals surface area contributed by atoms with Gasteiger partial charge in [-0.3, -0.25) is 4.79 Å². The van der Waals surface area contributed by atoms with Crippen molar-refractivity contribution in [3.05, 3.63) is 47.0 Å². The summed E-state index contributed by atoms with van der Waals surface area (Å²) in [5, 5.41) is 5.51. The third-order valence-corrected chi connectivity index (χ3v) is 3.45. The van der Waals surface area contributed by atoms with Crippen LogP contribution in [-0.4, -0.2) is 10.9 Å². The summed E-state index contributed by atoms with van der Waals surface area (Å²) in [6, 6.07) is 10.0. The van der Waals surface area contributed by atoms with Crippen molar-refractivity contribution >= 4 is 22.4 Å². The molecule has 1 heterocycles. The molecule has 0 aliphatic carbocycles. The Morgan fingerprint density at radius 2 is 2.11 bits per heavy atom. The monoisotopic (exact) mass is 260 g/mol. The predicted molar refractivity (Wildman–Crippen MR) is 74.9 cm³/mol. The van der Waals surface area contributed by atoms with E-state index in [2.05, 4.69) is 17.2 Å². The summed E-state index contributed by atoms with van der Waals surface area (Å²) >= 11 is 1.48. The van der Waals surface area contributed by atoms with E-state index in [1.807, 2.05) is 35.7 Å². The highest BCUT2D eigenvalue weighted by Gasteiger charge is 2.06. The van der Waals surface area contributed by atoms with Crippen molar-refractivity contribution in [2.75, 3.05) is 5.32 Å². The first-order valence-electron chi connectivity index (χ1n) is 6.06. The molecule has 0 aliphatic rings. The summed E-state index contributed by atoms with van der Waals surface area (Å²) in [4.78, 5) is 16.0. The van der Waals surface area contributed by atoms with Gasteiger partial charge >= 0.3 is 0 Å². The molecule has 0 fully saturated rings. The summed E-state index contributed by atoms with van der Waals surface area (Å²) in [7, 11) is 0. The second-order valence-electron chi connectivity index (χ2n) is 4.03. The fraction of sp³-hybridized carbons (Fsp3) is 0.286. The van der Waals surface area contributed by atoms with E-state index in [1.54, 1.807) is 0 Å². The lowest BCUT2D eigenvalue weighted by atomic mass is 10.1. The highest BCUT2D eigenvalue weighted by Crippen LogP contribution is 2.16. The zero-order valence-electron chi connectivity index (χ0n) is 10.3. The van der Waals surface area contributed by atoms with Gasteiger partial charge in [-0.1, -0.05) is 37.3 Å². The number of nitrogens with one attached hydrogen (secondary N) is 1. The number of benzene rings is 1. The van der Waals surface area contributed by atoms with Crippen molar-refractivity contribution < 1.29 is 4.79 Å². The fourth-order valence-corrected chi connectivity index (χ4v) is 2.42. The normalized spacial score (nSPS) is 10.3. The molecule has 2 aromatic rings. The van der Waals surface area contributed by atoms with Crippen LogP contribution in [0.1, 0.15) is 24.6 Å². The van der Waals surface area contributed by atoms with E-state index in [0.717, 1.165) is 18.5 Å². The average molecular weight is 260 g/mol. The Bertz CT molecular complexity index is 508. The quantitative estimate of drug-likeness (QED) is 0.896. The summed E-state index contributed by atoms with van der Waals surface area (Å²) < 4.78 is 0. The molecule has 0 atom stereocenters. The molecule has 0 bridgehead atoms. The van der Waals surface area contributed by atoms with E-state index in [4.69, 9.17) is 0 Å². The van der Waals surface area contributed by atoms with Gasteiger partial charge < -0.3 is 5.32 Å². The van der Waals surface area contributed by atoms with Crippen molar-refractivity contribution in [1.82, 2.24) is 4.98 Å². The van der Waals surface area contributed by atoms with E-state index in [9.17, 15) is 4.79 Å². The van der Waals surface area contributed by atoms with Crippen LogP contribution < -0.4 is 5.32 Å². The van der Waals surface area contributed by atoms with Crippen molar-refractivity contribution in [3.8, 4) is 0 Å². The number of aromatic nitrogens is 1. The molecule has 1 aromatic carbocycles. The number of carbonyl (C=O) groups excluding carboxylic acids is 1. The number of hydrogen-bond donors (Lipinski definition) is 1. The van der Waals surface area contributed by atoms with Gasteiger partial charge in [0.05, 0.1) is 5.69 Å². The third kappa shape index (κ3) is 3.67. The van der Waals surface area contributed by atoms with Gasteiger partial charge in [-0.05, 0) is 18.4 Å². The van der Waals surface area contributed by atoms with Crippen molar-refractivity contribution in [1.29, 1.82) is 0 Å². The van der Waals surface area contributed by atoms with Gasteiger partial charge in [-0.2, -0.15) is 0 Å². The lowest BCUT2D eigenvalue weighted by molar-refractivity contribution is -0.116. The molecule has 1 aromatic heterocycles. The van der Waals surface area contributed by atoms with Gasteiger partial charge in [0.15, 0.2) is 5.13 Å². The summed E-state index contributed by atoms with van der Waals surface area (Å²) in [6.45, 7) is 2.05. The molecule has 94 valence electrons. The standard InChI is InChI=1S/C14H16N2OS/c1-2-12-10-18-14(15-12)16-13(17)9-8-11-6-4-3-5-7-11/h3-7,10H,2,8-9H2,1H3,(H,15,16,17). The maximum absolute atomic E-state index is 11.7. The molecular weight excluding hydrogens is 244 g/mol. The molecule has 0 saturated carbocycles. The van der Waals surface area contributed by atoms with E-state index < -0.39 is 0 Å². The SMILES string of the molecule is CCc1csc(NC(=O)CCc2ccccc2)n1. The molecule has 0 saturated heterocycles. The van der Waals surface area contributed by atoms with Crippen LogP contribution in [-0.2, 0) is 17.6 Å². The molecule has 4 heteroatoms. The number of anilines is 1. The number of amides is 1. The Morgan fingerprint density at radius 1 is 1.33 bits per heavy atom. The summed E-state index contributed by atoms with van der Waals surface area (Å²) in [6.07, 6.45) is 2.15. The zero-order valence-corrected chi connectivity index (χ0v) is 11.2. The first kappa shape index (κ1) is 12.8. The van der Waals surface area contributed by atoms with Crippen LogP contribution in [0.3, 0.4) is 0 Å². The number of rotatable bonds is 5. The molecule has 0 radical (unpaired) electrons. The van der Waals surface area contributed by atoms with Gasteiger partial charge in [0.25, 0.3) is 0 Å². The molecule has 18 heavy (non-hydrogen) atoms. The van der Waals surface area contributed by atoms with Crippen LogP contribution in [0.25, 0.3) is 0 Å². The molecule has 1 amide bonds. The minimum Gasteiger partial charge on any atom is -0.302 e. The second kappa shape index (κ2) is 6.31. The summed E-state index contributed by atoms with van der Waals surface area (Å²) in [5.41, 5.74) is 2.21. The molecule has 0 unspecified atom stereocenters. The van der Waals surface area contributed by atoms with Crippen LogP contribution >= 0.6 is 11.3 Å². The number of carbonyl (C=O) groups is 1. The van der Waals surface area contributed by atoms with Gasteiger partial charge in [-0.15, -0.1) is 11.3 Å². The molecule has 0 spiro atoms. The lowest BCUT2D eigenvalue weighted by Gasteiger charge is -2.02. The van der Waals surface area contributed by atoms with Crippen molar-refractivity contribution in [3.63, 3.8) is 0 Å². The number of aryl methyl sites for hydroxylation is 2. The Labute approximate surface area is 111 Å². The van der Waals surface area contributed by atoms with Gasteiger partial charge in [0.2, 0.25) is 5.91 Å². The Balaban J connectivity index is 1.82. The number of nitrogens with zero attached hydrogens (tertiary/aromatic N) is 1. The second-order valence-corrected chi connectivity index (χ2v) is 4.89. The molecular formula is C14H16N2OS. The van der Waals surface area contributed by atoms with Crippen LogP contribution in [0.2, 0.25) is 0 Å². The van der Waals surface area contributed by atoms with Crippen LogP contribution in [0.4, 0.5) is 5.13 Å². The van der Waals surface area contributed by atoms with Gasteiger partial charge in [0, 0.05) is 11.8 Å². The maximum Gasteiger partial charge on any atom is 0.226 e. The maximum atomic E-state index is 11.7. The van der Waals surface area contributed by atoms with E-state index in [0.29, 0.717) is 11.6 Å². The molecule has 2 rings (SSSR count). The summed E-state index contributed by atoms with van der Waals surface area (Å²) in [5.74, 6) is 0.0239. The largest absolute Gasteiger partial charge is 0.302 e. The van der Waals surface area contributed by atoms with Crippen LogP contribution in [0.5, 0.6) is 0 Å². The minimum atomic E-state index is 0.0239. The third-order valence-electron chi connectivity index (χ3n) is 2.64. The number of hydrogen-bond acceptors (Lipinski definition) is 3. The van der Waals surface area contributed by atoms with Crippen molar-refractivity contribution in [2.24, 2.45) is 0 Å². The fourth-order valence-electron chi connectivity index (χ4n) is 1.61. The molecule has 3 nitrogen and oxygen atoms in total. The highest BCUT2D eigenvalue weighted by molar-refractivity contribution is 7.13. The minimum absolute atomic E-state index is 0.0239. The van der Waals surface area contributed by atoms with Gasteiger partial charge in [-0.25, -0.2) is 4.98 Å². The Morgan fingerprint density at radius 3 is 2.78 bits per heavy atom. The first-order valence-corrected chi connectivity index (χ1v) is 6.94. The van der Waals surface area contributed by atoms with E-state index in [-0.39, 0.29) is 5.91 Å². The van der Waals surface area contributed by atoms with Gasteiger partial charge in [0.1, 0.15) is 0 Å². The zero-order chi connectivity index (χ0) is 12.8. The predicted octanol–water partition coefficient (Wildman–Crippen LogP) is 3.28. The van der Waals surface area contributed by atoms with E-state index >= 15 is 0 Å². The average Bonchev–Trinajstić information content (AvgIpc) is 2.85. The Kier molecular flexibility index (Phi) is 4.47. The van der Waals surface area contributed by atoms with Crippen LogP contribution in [0, 0.1) is 0 Å². The van der Waals surface area contributed by atoms with Crippen molar-refractivity contribution in [2.45, 2.75) is 26.2 Å². The lowest BCUT2D eigenvalue weighted by Crippen LogP contribution is -2.12. The topological polar surface area (TPSA) is 42.0 Å². The smallest absolute Gasteiger partial charge is 0.226 e. The first-order chi connectivity index (χ1) is 8.78. The molecule has 0 aliphatic heterocycles. The van der Waals surface area contributed by atoms with E-state index in [1.165, 1.54) is 16.9 Å².